The lowest BCUT2D eigenvalue weighted by molar-refractivity contribution is 0.0696. The Morgan fingerprint density at radius 2 is 1.65 bits per heavy atom. The molecule has 0 saturated carbocycles. The minimum atomic E-state index is -0.866. The van der Waals surface area contributed by atoms with Crippen LogP contribution in [0.2, 0.25) is 0 Å². The molecule has 0 amide bonds. The third kappa shape index (κ3) is 3.79. The van der Waals surface area contributed by atoms with Crippen LogP contribution in [-0.4, -0.2) is 52.0 Å². The number of hydrogen-bond donors (Lipinski definition) is 2. The molecule has 0 spiro atoms. The molecule has 2 N–H and O–H groups in total. The first-order chi connectivity index (χ1) is 12.7. The van der Waals surface area contributed by atoms with Gasteiger partial charge < -0.3 is 10.1 Å². The maximum Gasteiger partial charge on any atom is 0.335 e. The number of hydrogen-bond acceptors (Lipinski definition) is 3. The van der Waals surface area contributed by atoms with Gasteiger partial charge in [0.2, 0.25) is 0 Å². The number of aromatic carboxylic acids is 1. The number of carbonyl (C=O) groups is 1. The largest absolute Gasteiger partial charge is 0.478 e. The van der Waals surface area contributed by atoms with Crippen LogP contribution in [0.4, 0.5) is 0 Å². The predicted octanol–water partition coefficient (Wildman–Crippen LogP) is 3.18. The second-order valence-corrected chi connectivity index (χ2v) is 6.94. The van der Waals surface area contributed by atoms with Crippen LogP contribution in [0.5, 0.6) is 0 Å². The van der Waals surface area contributed by atoms with Crippen LogP contribution in [0.3, 0.4) is 0 Å². The summed E-state index contributed by atoms with van der Waals surface area (Å²) in [4.78, 5) is 19.5. The van der Waals surface area contributed by atoms with E-state index >= 15 is 0 Å². The van der Waals surface area contributed by atoms with Crippen molar-refractivity contribution in [3.05, 3.63) is 71.4 Å². The molecule has 5 heteroatoms. The quantitative estimate of drug-likeness (QED) is 0.743. The van der Waals surface area contributed by atoms with Gasteiger partial charge in [0, 0.05) is 50.5 Å². The van der Waals surface area contributed by atoms with E-state index in [1.54, 1.807) is 12.1 Å². The number of piperazine rings is 1. The Kier molecular flexibility index (Phi) is 4.73. The zero-order chi connectivity index (χ0) is 17.9. The summed E-state index contributed by atoms with van der Waals surface area (Å²) in [5.74, 6) is -0.866. The topological polar surface area (TPSA) is 59.6 Å². The van der Waals surface area contributed by atoms with E-state index in [0.717, 1.165) is 44.8 Å². The first-order valence-electron chi connectivity index (χ1n) is 9.01. The molecule has 0 bridgehead atoms. The van der Waals surface area contributed by atoms with E-state index < -0.39 is 5.97 Å². The number of carboxylic acid groups (broad SMARTS) is 1. The third-order valence-corrected chi connectivity index (χ3v) is 5.02. The van der Waals surface area contributed by atoms with E-state index in [1.165, 1.54) is 16.6 Å². The molecular weight excluding hydrogens is 326 g/mol. The first-order valence-corrected chi connectivity index (χ1v) is 9.01. The van der Waals surface area contributed by atoms with Crippen LogP contribution in [0.1, 0.15) is 21.6 Å². The average molecular weight is 349 g/mol. The van der Waals surface area contributed by atoms with E-state index in [9.17, 15) is 4.79 Å². The molecule has 1 fully saturated rings. The summed E-state index contributed by atoms with van der Waals surface area (Å²) in [6.07, 6.45) is 0. The van der Waals surface area contributed by atoms with Gasteiger partial charge in [0.15, 0.2) is 0 Å². The van der Waals surface area contributed by atoms with Crippen LogP contribution in [-0.2, 0) is 13.1 Å². The number of benzene rings is 2. The lowest BCUT2D eigenvalue weighted by atomic mass is 10.1. The first kappa shape index (κ1) is 16.8. The van der Waals surface area contributed by atoms with Gasteiger partial charge in [-0.25, -0.2) is 4.79 Å². The van der Waals surface area contributed by atoms with E-state index in [0.29, 0.717) is 5.56 Å². The van der Waals surface area contributed by atoms with E-state index in [4.69, 9.17) is 5.11 Å². The minimum absolute atomic E-state index is 0.361. The SMILES string of the molecule is O=C(O)c1cccc(CN2CCN(Cc3cc4ccccc4[nH]3)CC2)c1. The van der Waals surface area contributed by atoms with Crippen LogP contribution >= 0.6 is 0 Å². The third-order valence-electron chi connectivity index (χ3n) is 5.02. The van der Waals surface area contributed by atoms with Crippen molar-refractivity contribution in [3.63, 3.8) is 0 Å². The molecule has 0 radical (unpaired) electrons. The maximum atomic E-state index is 11.1. The highest BCUT2D eigenvalue weighted by Crippen LogP contribution is 2.17. The molecular formula is C21H23N3O2. The highest BCUT2D eigenvalue weighted by Gasteiger charge is 2.18. The van der Waals surface area contributed by atoms with Gasteiger partial charge in [-0.05, 0) is 35.2 Å². The summed E-state index contributed by atoms with van der Waals surface area (Å²) in [5.41, 5.74) is 3.88. The Morgan fingerprint density at radius 3 is 2.38 bits per heavy atom. The maximum absolute atomic E-state index is 11.1. The molecule has 1 aliphatic heterocycles. The summed E-state index contributed by atoms with van der Waals surface area (Å²) in [5, 5.41) is 10.4. The number of fused-ring (bicyclic) bond motifs is 1. The molecule has 26 heavy (non-hydrogen) atoms. The number of nitrogens with one attached hydrogen (secondary N) is 1. The van der Waals surface area contributed by atoms with Crippen molar-refractivity contribution >= 4 is 16.9 Å². The van der Waals surface area contributed by atoms with Crippen LogP contribution in [0, 0.1) is 0 Å². The van der Waals surface area contributed by atoms with Crippen LogP contribution in [0.25, 0.3) is 10.9 Å². The number of aromatic amines is 1. The zero-order valence-electron chi connectivity index (χ0n) is 14.7. The number of para-hydroxylation sites is 1. The molecule has 2 aromatic carbocycles. The summed E-state index contributed by atoms with van der Waals surface area (Å²) >= 11 is 0. The molecule has 1 saturated heterocycles. The van der Waals surface area contributed by atoms with Crippen molar-refractivity contribution in [1.82, 2.24) is 14.8 Å². The average Bonchev–Trinajstić information content (AvgIpc) is 3.06. The van der Waals surface area contributed by atoms with Crippen molar-refractivity contribution in [2.24, 2.45) is 0 Å². The number of carboxylic acids is 1. The second-order valence-electron chi connectivity index (χ2n) is 6.94. The number of rotatable bonds is 5. The highest BCUT2D eigenvalue weighted by atomic mass is 16.4. The van der Waals surface area contributed by atoms with Gasteiger partial charge in [-0.1, -0.05) is 30.3 Å². The normalized spacial score (nSPS) is 16.2. The van der Waals surface area contributed by atoms with E-state index in [-0.39, 0.29) is 0 Å². The summed E-state index contributed by atoms with van der Waals surface area (Å²) < 4.78 is 0. The highest BCUT2D eigenvalue weighted by molar-refractivity contribution is 5.87. The van der Waals surface area contributed by atoms with Gasteiger partial charge in [-0.15, -0.1) is 0 Å². The molecule has 2 heterocycles. The molecule has 134 valence electrons. The monoisotopic (exact) mass is 349 g/mol. The number of aromatic nitrogens is 1. The molecule has 3 aromatic rings. The summed E-state index contributed by atoms with van der Waals surface area (Å²) in [7, 11) is 0. The van der Waals surface area contributed by atoms with Gasteiger partial charge in [-0.2, -0.15) is 0 Å². The van der Waals surface area contributed by atoms with Gasteiger partial charge in [0.25, 0.3) is 0 Å². The molecule has 0 aliphatic carbocycles. The number of nitrogens with zero attached hydrogens (tertiary/aromatic N) is 2. The van der Waals surface area contributed by atoms with Gasteiger partial charge in [-0.3, -0.25) is 9.80 Å². The van der Waals surface area contributed by atoms with Crippen LogP contribution < -0.4 is 0 Å². The van der Waals surface area contributed by atoms with Crippen molar-refractivity contribution < 1.29 is 9.90 Å². The lowest BCUT2D eigenvalue weighted by Gasteiger charge is -2.34. The molecule has 5 nitrogen and oxygen atoms in total. The smallest absolute Gasteiger partial charge is 0.335 e. The van der Waals surface area contributed by atoms with Gasteiger partial charge >= 0.3 is 5.97 Å². The van der Waals surface area contributed by atoms with Crippen molar-refractivity contribution in [3.8, 4) is 0 Å². The fraction of sp³-hybridized carbons (Fsp3) is 0.286. The molecule has 0 atom stereocenters. The Balaban J connectivity index is 1.32. The fourth-order valence-electron chi connectivity index (χ4n) is 3.63. The van der Waals surface area contributed by atoms with Crippen molar-refractivity contribution in [2.75, 3.05) is 26.2 Å². The predicted molar refractivity (Wildman–Crippen MR) is 102 cm³/mol. The summed E-state index contributed by atoms with van der Waals surface area (Å²) in [6.45, 7) is 5.79. The van der Waals surface area contributed by atoms with E-state index in [1.807, 2.05) is 12.1 Å². The molecule has 1 aromatic heterocycles. The Labute approximate surface area is 152 Å². The Morgan fingerprint density at radius 1 is 0.923 bits per heavy atom. The summed E-state index contributed by atoms with van der Waals surface area (Å²) in [6, 6.07) is 17.9. The second kappa shape index (κ2) is 7.32. The van der Waals surface area contributed by atoms with Crippen molar-refractivity contribution in [2.45, 2.75) is 13.1 Å². The minimum Gasteiger partial charge on any atom is -0.478 e. The molecule has 1 aliphatic rings. The zero-order valence-corrected chi connectivity index (χ0v) is 14.7. The van der Waals surface area contributed by atoms with E-state index in [2.05, 4.69) is 45.1 Å². The number of H-pyrrole nitrogens is 1. The molecule has 0 unspecified atom stereocenters. The Hall–Kier alpha value is -2.63. The van der Waals surface area contributed by atoms with Gasteiger partial charge in [0.1, 0.15) is 0 Å². The van der Waals surface area contributed by atoms with Crippen LogP contribution in [0.15, 0.2) is 54.6 Å². The fourth-order valence-corrected chi connectivity index (χ4v) is 3.63. The Bertz CT molecular complexity index is 877. The standard InChI is InChI=1S/C21H23N3O2/c25-21(26)18-6-3-4-16(12-18)14-23-8-10-24(11-9-23)15-19-13-17-5-1-2-7-20(17)22-19/h1-7,12-13,22H,8-11,14-15H2,(H,25,26). The van der Waals surface area contributed by atoms with Gasteiger partial charge in [0.05, 0.1) is 5.56 Å². The lowest BCUT2D eigenvalue weighted by Crippen LogP contribution is -2.45. The van der Waals surface area contributed by atoms with Crippen molar-refractivity contribution in [1.29, 1.82) is 0 Å². The molecule has 4 rings (SSSR count).